The van der Waals surface area contributed by atoms with Gasteiger partial charge < -0.3 is 0 Å². The molecule has 1 aromatic carbocycles. The Morgan fingerprint density at radius 3 is 1.96 bits per heavy atom. The molecule has 0 N–H and O–H groups in total. The van der Waals surface area contributed by atoms with Crippen molar-refractivity contribution in [2.45, 2.75) is 77.0 Å². The van der Waals surface area contributed by atoms with Gasteiger partial charge in [0.1, 0.15) is 0 Å². The number of benzene rings is 1. The van der Waals surface area contributed by atoms with Gasteiger partial charge in [-0.25, -0.2) is 0 Å². The monoisotopic (exact) mass is 310 g/mol. The van der Waals surface area contributed by atoms with Crippen molar-refractivity contribution in [3.05, 3.63) is 35.9 Å². The predicted octanol–water partition coefficient (Wildman–Crippen LogP) is 6.14. The standard InChI is InChI=1S/C21H30N2/c1-3-5-7-8-10-14-19(13-6-4-2)21(17-22,18-23)20-15-11-9-12-16-20/h9,11-12,15-16,19H,3-8,10,13-14H2,1-2H3. The second-order valence-corrected chi connectivity index (χ2v) is 6.44. The summed E-state index contributed by atoms with van der Waals surface area (Å²) in [5, 5.41) is 19.7. The van der Waals surface area contributed by atoms with Gasteiger partial charge in [0.2, 0.25) is 0 Å². The molecular formula is C21H30N2. The highest BCUT2D eigenvalue weighted by Gasteiger charge is 2.40. The lowest BCUT2D eigenvalue weighted by molar-refractivity contribution is 0.334. The Balaban J connectivity index is 2.91. The number of hydrogen-bond acceptors (Lipinski definition) is 2. The summed E-state index contributed by atoms with van der Waals surface area (Å²) in [5.41, 5.74) is -0.138. The van der Waals surface area contributed by atoms with E-state index in [9.17, 15) is 10.5 Å². The van der Waals surface area contributed by atoms with Gasteiger partial charge in [0.15, 0.2) is 5.41 Å². The molecule has 1 aromatic rings. The van der Waals surface area contributed by atoms with Crippen LogP contribution >= 0.6 is 0 Å². The fourth-order valence-corrected chi connectivity index (χ4v) is 3.30. The highest BCUT2D eigenvalue weighted by atomic mass is 14.5. The van der Waals surface area contributed by atoms with Crippen LogP contribution in [0.1, 0.15) is 77.2 Å². The molecule has 0 fully saturated rings. The Hall–Kier alpha value is -1.80. The third kappa shape index (κ3) is 5.40. The topological polar surface area (TPSA) is 47.6 Å². The number of nitriles is 2. The molecule has 0 radical (unpaired) electrons. The largest absolute Gasteiger partial charge is 0.196 e. The Morgan fingerprint density at radius 2 is 1.39 bits per heavy atom. The number of hydrogen-bond donors (Lipinski definition) is 0. The molecule has 0 aliphatic rings. The van der Waals surface area contributed by atoms with Gasteiger partial charge in [-0.3, -0.25) is 0 Å². The van der Waals surface area contributed by atoms with E-state index in [0.29, 0.717) is 0 Å². The first-order valence-corrected chi connectivity index (χ1v) is 9.13. The van der Waals surface area contributed by atoms with Crippen molar-refractivity contribution < 1.29 is 0 Å². The van der Waals surface area contributed by atoms with Crippen LogP contribution in [0.4, 0.5) is 0 Å². The summed E-state index contributed by atoms with van der Waals surface area (Å²) in [6.07, 6.45) is 10.2. The Bertz CT molecular complexity index is 493. The van der Waals surface area contributed by atoms with Crippen LogP contribution in [0.2, 0.25) is 0 Å². The molecule has 124 valence electrons. The van der Waals surface area contributed by atoms with Gasteiger partial charge >= 0.3 is 0 Å². The van der Waals surface area contributed by atoms with Crippen molar-refractivity contribution in [1.82, 2.24) is 0 Å². The lowest BCUT2D eigenvalue weighted by atomic mass is 9.68. The lowest BCUT2D eigenvalue weighted by Crippen LogP contribution is -2.32. The zero-order valence-corrected chi connectivity index (χ0v) is 14.7. The summed E-state index contributed by atoms with van der Waals surface area (Å²) in [6.45, 7) is 4.39. The lowest BCUT2D eigenvalue weighted by Gasteiger charge is -2.30. The first-order chi connectivity index (χ1) is 11.2. The second kappa shape index (κ2) is 10.8. The number of unbranched alkanes of at least 4 members (excludes halogenated alkanes) is 5. The minimum Gasteiger partial charge on any atom is -0.196 e. The molecule has 0 amide bonds. The van der Waals surface area contributed by atoms with Crippen molar-refractivity contribution in [2.24, 2.45) is 5.92 Å². The number of rotatable bonds is 11. The number of nitrogens with zero attached hydrogens (tertiary/aromatic N) is 2. The minimum atomic E-state index is -0.999. The fourth-order valence-electron chi connectivity index (χ4n) is 3.30. The SMILES string of the molecule is CCCCCCCC(CCCC)C(C#N)(C#N)c1ccccc1. The highest BCUT2D eigenvalue weighted by molar-refractivity contribution is 5.41. The molecule has 0 spiro atoms. The maximum atomic E-state index is 9.87. The summed E-state index contributed by atoms with van der Waals surface area (Å²) in [6, 6.07) is 14.4. The summed E-state index contributed by atoms with van der Waals surface area (Å²) in [4.78, 5) is 0. The Morgan fingerprint density at radius 1 is 0.826 bits per heavy atom. The third-order valence-electron chi connectivity index (χ3n) is 4.76. The predicted molar refractivity (Wildman–Crippen MR) is 95.7 cm³/mol. The quantitative estimate of drug-likeness (QED) is 0.461. The van der Waals surface area contributed by atoms with Crippen LogP contribution in [-0.4, -0.2) is 0 Å². The molecule has 0 saturated carbocycles. The van der Waals surface area contributed by atoms with Crippen LogP contribution in [0.25, 0.3) is 0 Å². The molecule has 23 heavy (non-hydrogen) atoms. The van der Waals surface area contributed by atoms with E-state index in [1.54, 1.807) is 0 Å². The molecule has 2 heteroatoms. The van der Waals surface area contributed by atoms with Crippen LogP contribution in [0, 0.1) is 28.6 Å². The van der Waals surface area contributed by atoms with E-state index in [-0.39, 0.29) is 5.92 Å². The van der Waals surface area contributed by atoms with E-state index in [0.717, 1.165) is 37.7 Å². The fraction of sp³-hybridized carbons (Fsp3) is 0.619. The first-order valence-electron chi connectivity index (χ1n) is 9.13. The van der Waals surface area contributed by atoms with E-state index in [1.165, 1.54) is 25.7 Å². The van der Waals surface area contributed by atoms with Crippen molar-refractivity contribution in [3.63, 3.8) is 0 Å². The normalized spacial score (nSPS) is 12.3. The van der Waals surface area contributed by atoms with E-state index in [1.807, 2.05) is 30.3 Å². The van der Waals surface area contributed by atoms with Crippen LogP contribution in [-0.2, 0) is 5.41 Å². The van der Waals surface area contributed by atoms with Gasteiger partial charge in [-0.15, -0.1) is 0 Å². The second-order valence-electron chi connectivity index (χ2n) is 6.44. The molecule has 0 bridgehead atoms. The zero-order valence-electron chi connectivity index (χ0n) is 14.7. The smallest absolute Gasteiger partial charge is 0.171 e. The molecule has 0 aromatic heterocycles. The van der Waals surface area contributed by atoms with Crippen LogP contribution in [0.5, 0.6) is 0 Å². The van der Waals surface area contributed by atoms with Crippen molar-refractivity contribution in [1.29, 1.82) is 10.5 Å². The van der Waals surface area contributed by atoms with Gasteiger partial charge in [0.25, 0.3) is 0 Å². The third-order valence-corrected chi connectivity index (χ3v) is 4.76. The zero-order chi connectivity index (χ0) is 17.0. The molecule has 1 atom stereocenters. The summed E-state index contributed by atoms with van der Waals surface area (Å²) in [5.74, 6) is 0.126. The van der Waals surface area contributed by atoms with Crippen LogP contribution in [0.15, 0.2) is 30.3 Å². The molecule has 1 rings (SSSR count). The van der Waals surface area contributed by atoms with E-state index in [2.05, 4.69) is 26.0 Å². The van der Waals surface area contributed by atoms with E-state index in [4.69, 9.17) is 0 Å². The molecular weight excluding hydrogens is 280 g/mol. The van der Waals surface area contributed by atoms with Crippen molar-refractivity contribution in [2.75, 3.05) is 0 Å². The van der Waals surface area contributed by atoms with Gasteiger partial charge in [0, 0.05) is 0 Å². The molecule has 0 aliphatic heterocycles. The van der Waals surface area contributed by atoms with Crippen LogP contribution in [0.3, 0.4) is 0 Å². The average molecular weight is 310 g/mol. The van der Waals surface area contributed by atoms with Gasteiger partial charge in [-0.1, -0.05) is 89.1 Å². The van der Waals surface area contributed by atoms with Gasteiger partial charge in [-0.2, -0.15) is 10.5 Å². The van der Waals surface area contributed by atoms with Gasteiger partial charge in [-0.05, 0) is 24.3 Å². The van der Waals surface area contributed by atoms with E-state index >= 15 is 0 Å². The molecule has 0 heterocycles. The summed E-state index contributed by atoms with van der Waals surface area (Å²) in [7, 11) is 0. The maximum Gasteiger partial charge on any atom is 0.171 e. The molecule has 2 nitrogen and oxygen atoms in total. The summed E-state index contributed by atoms with van der Waals surface area (Å²) < 4.78 is 0. The Kier molecular flexibility index (Phi) is 9.08. The van der Waals surface area contributed by atoms with Crippen LogP contribution < -0.4 is 0 Å². The summed E-state index contributed by atoms with van der Waals surface area (Å²) >= 11 is 0. The highest BCUT2D eigenvalue weighted by Crippen LogP contribution is 2.38. The average Bonchev–Trinajstić information content (AvgIpc) is 2.61. The molecule has 1 unspecified atom stereocenters. The molecule has 0 saturated heterocycles. The van der Waals surface area contributed by atoms with Crippen molar-refractivity contribution >= 4 is 0 Å². The Labute approximate surface area is 142 Å². The first kappa shape index (κ1) is 19.2. The molecule has 0 aliphatic carbocycles. The van der Waals surface area contributed by atoms with Gasteiger partial charge in [0.05, 0.1) is 12.1 Å². The maximum absolute atomic E-state index is 9.87. The van der Waals surface area contributed by atoms with E-state index < -0.39 is 5.41 Å². The van der Waals surface area contributed by atoms with Crippen molar-refractivity contribution in [3.8, 4) is 12.1 Å². The minimum absolute atomic E-state index is 0.126.